The van der Waals surface area contributed by atoms with Crippen LogP contribution < -0.4 is 4.74 Å². The number of amides is 1. The zero-order chi connectivity index (χ0) is 18.5. The molecule has 1 amide bonds. The van der Waals surface area contributed by atoms with Crippen LogP contribution in [-0.4, -0.2) is 28.9 Å². The van der Waals surface area contributed by atoms with Gasteiger partial charge < -0.3 is 9.64 Å². The van der Waals surface area contributed by atoms with Crippen molar-refractivity contribution in [3.05, 3.63) is 52.0 Å². The fourth-order valence-electron chi connectivity index (χ4n) is 3.42. The van der Waals surface area contributed by atoms with Crippen molar-refractivity contribution in [1.29, 1.82) is 0 Å². The van der Waals surface area contributed by atoms with Crippen LogP contribution >= 0.6 is 11.3 Å². The summed E-state index contributed by atoms with van der Waals surface area (Å²) in [6, 6.07) is 7.78. The summed E-state index contributed by atoms with van der Waals surface area (Å²) in [5.74, 6) is 2.06. The number of carbonyl (C=O) groups is 1. The summed E-state index contributed by atoms with van der Waals surface area (Å²) in [5.41, 5.74) is 1.94. The van der Waals surface area contributed by atoms with Gasteiger partial charge in [0.05, 0.1) is 10.7 Å². The molecule has 1 aromatic heterocycles. The number of aryl methyl sites for hydroxylation is 1. The molecule has 2 unspecified atom stereocenters. The van der Waals surface area contributed by atoms with Crippen LogP contribution in [0.1, 0.15) is 36.5 Å². The summed E-state index contributed by atoms with van der Waals surface area (Å²) in [4.78, 5) is 18.7. The Morgan fingerprint density at radius 1 is 1.27 bits per heavy atom. The van der Waals surface area contributed by atoms with E-state index >= 15 is 0 Å². The van der Waals surface area contributed by atoms with E-state index in [1.165, 1.54) is 6.42 Å². The number of aromatic nitrogens is 1. The van der Waals surface area contributed by atoms with Crippen LogP contribution in [0.25, 0.3) is 6.08 Å². The van der Waals surface area contributed by atoms with E-state index in [9.17, 15) is 4.79 Å². The molecule has 1 aliphatic heterocycles. The zero-order valence-corrected chi connectivity index (χ0v) is 16.5. The molecular formula is C21H26N2O2S. The van der Waals surface area contributed by atoms with Gasteiger partial charge in [0, 0.05) is 24.5 Å². The van der Waals surface area contributed by atoms with Crippen LogP contribution in [0.3, 0.4) is 0 Å². The maximum atomic E-state index is 12.4. The molecule has 5 heteroatoms. The maximum absolute atomic E-state index is 12.4. The first kappa shape index (κ1) is 18.6. The molecule has 2 heterocycles. The van der Waals surface area contributed by atoms with Crippen LogP contribution in [0.5, 0.6) is 5.75 Å². The van der Waals surface area contributed by atoms with Gasteiger partial charge in [-0.2, -0.15) is 0 Å². The average Bonchev–Trinajstić information content (AvgIpc) is 3.03. The Labute approximate surface area is 159 Å². The molecule has 2 aromatic rings. The first-order chi connectivity index (χ1) is 12.5. The lowest BCUT2D eigenvalue weighted by Crippen LogP contribution is -2.41. The molecule has 1 fully saturated rings. The minimum Gasteiger partial charge on any atom is -0.487 e. The second-order valence-electron chi connectivity index (χ2n) is 7.24. The molecule has 1 saturated heterocycles. The molecule has 0 spiro atoms. The van der Waals surface area contributed by atoms with Crippen molar-refractivity contribution in [3.8, 4) is 5.75 Å². The Morgan fingerprint density at radius 3 is 2.58 bits per heavy atom. The molecule has 0 bridgehead atoms. The Hall–Kier alpha value is -2.14. The number of piperidine rings is 1. The molecular weight excluding hydrogens is 344 g/mol. The third kappa shape index (κ3) is 5.18. The van der Waals surface area contributed by atoms with Crippen molar-refractivity contribution in [2.24, 2.45) is 11.8 Å². The first-order valence-corrected chi connectivity index (χ1v) is 9.98. The summed E-state index contributed by atoms with van der Waals surface area (Å²) in [5, 5.41) is 3.06. The van der Waals surface area contributed by atoms with Gasteiger partial charge in [-0.25, -0.2) is 4.98 Å². The molecule has 138 valence electrons. The number of likely N-dealkylation sites (tertiary alicyclic amines) is 1. The highest BCUT2D eigenvalue weighted by Gasteiger charge is 2.23. The van der Waals surface area contributed by atoms with E-state index in [1.807, 2.05) is 47.5 Å². The predicted octanol–water partition coefficient (Wildman–Crippen LogP) is 4.55. The van der Waals surface area contributed by atoms with E-state index in [0.717, 1.165) is 35.1 Å². The lowest BCUT2D eigenvalue weighted by Gasteiger charge is -2.34. The molecule has 1 aromatic carbocycles. The monoisotopic (exact) mass is 370 g/mol. The molecule has 0 N–H and O–H groups in total. The lowest BCUT2D eigenvalue weighted by molar-refractivity contribution is -0.128. The van der Waals surface area contributed by atoms with E-state index in [-0.39, 0.29) is 5.91 Å². The molecule has 1 aliphatic rings. The van der Waals surface area contributed by atoms with E-state index < -0.39 is 0 Å². The van der Waals surface area contributed by atoms with Crippen LogP contribution in [0.2, 0.25) is 0 Å². The summed E-state index contributed by atoms with van der Waals surface area (Å²) >= 11 is 1.63. The number of rotatable bonds is 5. The summed E-state index contributed by atoms with van der Waals surface area (Å²) < 4.78 is 5.75. The molecule has 2 atom stereocenters. The number of nitrogens with zero attached hydrogens (tertiary/aromatic N) is 2. The fourth-order valence-corrected chi connectivity index (χ4v) is 4.02. The normalized spacial score (nSPS) is 20.5. The molecule has 0 saturated carbocycles. The fraction of sp³-hybridized carbons (Fsp3) is 0.429. The third-order valence-corrected chi connectivity index (χ3v) is 5.35. The molecule has 4 nitrogen and oxygen atoms in total. The number of benzene rings is 1. The standard InChI is InChI=1S/C21H26N2O2S/c1-15-10-16(2)12-23(11-15)21(24)9-6-18-4-7-20(8-5-18)25-13-19-14-26-17(3)22-19/h4-9,14-16H,10-13H2,1-3H3. The second-order valence-corrected chi connectivity index (χ2v) is 8.30. The van der Waals surface area contributed by atoms with Crippen molar-refractivity contribution < 1.29 is 9.53 Å². The van der Waals surface area contributed by atoms with E-state index in [0.29, 0.717) is 18.4 Å². The van der Waals surface area contributed by atoms with E-state index in [2.05, 4.69) is 18.8 Å². The third-order valence-electron chi connectivity index (χ3n) is 4.53. The SMILES string of the molecule is Cc1nc(COc2ccc(C=CC(=O)N3CC(C)CC(C)C3)cc2)cs1. The minimum absolute atomic E-state index is 0.0997. The van der Waals surface area contributed by atoms with Gasteiger partial charge in [-0.15, -0.1) is 11.3 Å². The molecule has 3 rings (SSSR count). The van der Waals surface area contributed by atoms with Crippen molar-refractivity contribution in [2.75, 3.05) is 13.1 Å². The first-order valence-electron chi connectivity index (χ1n) is 9.10. The Balaban J connectivity index is 1.53. The van der Waals surface area contributed by atoms with Gasteiger partial charge in [0.2, 0.25) is 5.91 Å². The highest BCUT2D eigenvalue weighted by Crippen LogP contribution is 2.21. The van der Waals surface area contributed by atoms with Crippen LogP contribution in [0.15, 0.2) is 35.7 Å². The average molecular weight is 371 g/mol. The van der Waals surface area contributed by atoms with Crippen molar-refractivity contribution in [3.63, 3.8) is 0 Å². The number of thiazole rings is 1. The van der Waals surface area contributed by atoms with Gasteiger partial charge >= 0.3 is 0 Å². The van der Waals surface area contributed by atoms with Crippen molar-refractivity contribution in [2.45, 2.75) is 33.8 Å². The van der Waals surface area contributed by atoms with E-state index in [1.54, 1.807) is 17.4 Å². The highest BCUT2D eigenvalue weighted by atomic mass is 32.1. The summed E-state index contributed by atoms with van der Waals surface area (Å²) in [6.45, 7) is 8.61. The van der Waals surface area contributed by atoms with Gasteiger partial charge in [-0.05, 0) is 49.0 Å². The van der Waals surface area contributed by atoms with Crippen LogP contribution in [0, 0.1) is 18.8 Å². The van der Waals surface area contributed by atoms with Gasteiger partial charge in [-0.1, -0.05) is 26.0 Å². The Bertz CT molecular complexity index is 757. The number of hydrogen-bond acceptors (Lipinski definition) is 4. The van der Waals surface area contributed by atoms with Gasteiger partial charge in [0.1, 0.15) is 12.4 Å². The number of carbonyl (C=O) groups excluding carboxylic acids is 1. The predicted molar refractivity (Wildman–Crippen MR) is 106 cm³/mol. The highest BCUT2D eigenvalue weighted by molar-refractivity contribution is 7.09. The largest absolute Gasteiger partial charge is 0.487 e. The van der Waals surface area contributed by atoms with Gasteiger partial charge in [0.15, 0.2) is 0 Å². The van der Waals surface area contributed by atoms with Crippen molar-refractivity contribution >= 4 is 23.3 Å². The Kier molecular flexibility index (Phi) is 6.09. The quantitative estimate of drug-likeness (QED) is 0.725. The van der Waals surface area contributed by atoms with Crippen molar-refractivity contribution in [1.82, 2.24) is 9.88 Å². The number of ether oxygens (including phenoxy) is 1. The van der Waals surface area contributed by atoms with Crippen LogP contribution in [0.4, 0.5) is 0 Å². The van der Waals surface area contributed by atoms with Crippen LogP contribution in [-0.2, 0) is 11.4 Å². The molecule has 26 heavy (non-hydrogen) atoms. The van der Waals surface area contributed by atoms with Gasteiger partial charge in [0.25, 0.3) is 0 Å². The second kappa shape index (κ2) is 8.49. The number of hydrogen-bond donors (Lipinski definition) is 0. The molecule has 0 aliphatic carbocycles. The minimum atomic E-state index is 0.0997. The summed E-state index contributed by atoms with van der Waals surface area (Å²) in [7, 11) is 0. The molecule has 0 radical (unpaired) electrons. The van der Waals surface area contributed by atoms with E-state index in [4.69, 9.17) is 4.74 Å². The smallest absolute Gasteiger partial charge is 0.246 e. The summed E-state index contributed by atoms with van der Waals surface area (Å²) in [6.07, 6.45) is 4.76. The Morgan fingerprint density at radius 2 is 1.96 bits per heavy atom. The zero-order valence-electron chi connectivity index (χ0n) is 15.6. The topological polar surface area (TPSA) is 42.4 Å². The maximum Gasteiger partial charge on any atom is 0.246 e. The lowest BCUT2D eigenvalue weighted by atomic mass is 9.92. The van der Waals surface area contributed by atoms with Gasteiger partial charge in [-0.3, -0.25) is 4.79 Å².